The van der Waals surface area contributed by atoms with Gasteiger partial charge in [0.05, 0.1) is 13.2 Å². The number of rotatable bonds is 5. The number of nitrogens with zero attached hydrogens (tertiary/aromatic N) is 1. The molecule has 0 aliphatic heterocycles. The van der Waals surface area contributed by atoms with Crippen LogP contribution in [0.25, 0.3) is 0 Å². The van der Waals surface area contributed by atoms with E-state index in [0.717, 1.165) is 37.0 Å². The SMILES string of the molecule is C=CCc1cc(C(=O)N(C)C2C[C@H]3CC(O)C[C@H]3C2)ccc1OC. The minimum atomic E-state index is -0.134. The number of hydrogen-bond acceptors (Lipinski definition) is 3. The quantitative estimate of drug-likeness (QED) is 0.845. The van der Waals surface area contributed by atoms with Crippen LogP contribution >= 0.6 is 0 Å². The number of methoxy groups -OCH3 is 1. The van der Waals surface area contributed by atoms with Crippen LogP contribution in [0.1, 0.15) is 41.6 Å². The number of benzene rings is 1. The van der Waals surface area contributed by atoms with Gasteiger partial charge in [0.15, 0.2) is 0 Å². The minimum absolute atomic E-state index is 0.0634. The lowest BCUT2D eigenvalue weighted by Gasteiger charge is -2.26. The molecule has 4 heteroatoms. The predicted octanol–water partition coefficient (Wildman–Crippen LogP) is 3.05. The van der Waals surface area contributed by atoms with E-state index in [1.165, 1.54) is 0 Å². The van der Waals surface area contributed by atoms with Gasteiger partial charge in [0, 0.05) is 18.7 Å². The molecule has 0 saturated heterocycles. The molecule has 2 saturated carbocycles. The molecule has 1 aromatic carbocycles. The van der Waals surface area contributed by atoms with Gasteiger partial charge < -0.3 is 14.7 Å². The predicted molar refractivity (Wildman–Crippen MR) is 94.2 cm³/mol. The summed E-state index contributed by atoms with van der Waals surface area (Å²) >= 11 is 0. The van der Waals surface area contributed by atoms with Gasteiger partial charge in [0.25, 0.3) is 5.91 Å². The Balaban J connectivity index is 1.72. The molecule has 2 aliphatic rings. The maximum absolute atomic E-state index is 12.9. The normalized spacial score (nSPS) is 28.5. The lowest BCUT2D eigenvalue weighted by Crippen LogP contribution is -2.36. The first-order valence-corrected chi connectivity index (χ1v) is 8.76. The molecule has 0 aromatic heterocycles. The largest absolute Gasteiger partial charge is 0.496 e. The van der Waals surface area contributed by atoms with Crippen molar-refractivity contribution in [2.45, 2.75) is 44.2 Å². The second-order valence-corrected chi connectivity index (χ2v) is 7.21. The summed E-state index contributed by atoms with van der Waals surface area (Å²) in [6.07, 6.45) is 6.19. The molecule has 2 aliphatic carbocycles. The summed E-state index contributed by atoms with van der Waals surface area (Å²) in [4.78, 5) is 14.8. The number of aliphatic hydroxyl groups excluding tert-OH is 1. The second kappa shape index (κ2) is 6.98. The number of carbonyl (C=O) groups excluding carboxylic acids is 1. The second-order valence-electron chi connectivity index (χ2n) is 7.21. The molecule has 130 valence electrons. The molecule has 0 heterocycles. The molecule has 2 unspecified atom stereocenters. The minimum Gasteiger partial charge on any atom is -0.496 e. The molecule has 1 amide bonds. The number of fused-ring (bicyclic) bond motifs is 1. The van der Waals surface area contributed by atoms with Crippen molar-refractivity contribution in [2.24, 2.45) is 11.8 Å². The Morgan fingerprint density at radius 2 is 2.00 bits per heavy atom. The van der Waals surface area contributed by atoms with Crippen LogP contribution in [0.3, 0.4) is 0 Å². The molecule has 1 aromatic rings. The number of aliphatic hydroxyl groups is 1. The van der Waals surface area contributed by atoms with E-state index >= 15 is 0 Å². The van der Waals surface area contributed by atoms with Crippen molar-refractivity contribution in [3.63, 3.8) is 0 Å². The van der Waals surface area contributed by atoms with Crippen LogP contribution in [0.4, 0.5) is 0 Å². The molecule has 3 rings (SSSR count). The molecule has 4 nitrogen and oxygen atoms in total. The zero-order valence-corrected chi connectivity index (χ0v) is 14.6. The van der Waals surface area contributed by atoms with Crippen molar-refractivity contribution in [3.05, 3.63) is 42.0 Å². The third kappa shape index (κ3) is 3.20. The van der Waals surface area contributed by atoms with Gasteiger partial charge >= 0.3 is 0 Å². The van der Waals surface area contributed by atoms with E-state index in [1.54, 1.807) is 7.11 Å². The first-order chi connectivity index (χ1) is 11.5. The number of carbonyl (C=O) groups is 1. The topological polar surface area (TPSA) is 49.8 Å². The Hall–Kier alpha value is -1.81. The van der Waals surface area contributed by atoms with E-state index in [0.29, 0.717) is 23.8 Å². The van der Waals surface area contributed by atoms with Crippen molar-refractivity contribution >= 4 is 5.91 Å². The fraction of sp³-hybridized carbons (Fsp3) is 0.550. The number of amides is 1. The lowest BCUT2D eigenvalue weighted by molar-refractivity contribution is 0.0722. The fourth-order valence-electron chi connectivity index (χ4n) is 4.46. The summed E-state index contributed by atoms with van der Waals surface area (Å²) in [6.45, 7) is 3.77. The fourth-order valence-corrected chi connectivity index (χ4v) is 4.46. The van der Waals surface area contributed by atoms with Crippen molar-refractivity contribution in [1.29, 1.82) is 0 Å². The van der Waals surface area contributed by atoms with Gasteiger partial charge in [0.1, 0.15) is 5.75 Å². The molecule has 2 fully saturated rings. The Kier molecular flexibility index (Phi) is 4.95. The van der Waals surface area contributed by atoms with E-state index in [1.807, 2.05) is 36.2 Å². The Bertz CT molecular complexity index is 613. The zero-order chi connectivity index (χ0) is 17.3. The molecular formula is C20H27NO3. The van der Waals surface area contributed by atoms with Crippen LogP contribution < -0.4 is 4.74 Å². The van der Waals surface area contributed by atoms with Gasteiger partial charge in [-0.2, -0.15) is 0 Å². The van der Waals surface area contributed by atoms with E-state index in [9.17, 15) is 9.90 Å². The van der Waals surface area contributed by atoms with Crippen molar-refractivity contribution < 1.29 is 14.6 Å². The highest BCUT2D eigenvalue weighted by Crippen LogP contribution is 2.45. The van der Waals surface area contributed by atoms with Gasteiger partial charge in [0.2, 0.25) is 0 Å². The monoisotopic (exact) mass is 329 g/mol. The summed E-state index contributed by atoms with van der Waals surface area (Å²) in [5.41, 5.74) is 1.69. The summed E-state index contributed by atoms with van der Waals surface area (Å²) in [5, 5.41) is 9.78. The van der Waals surface area contributed by atoms with Crippen molar-refractivity contribution in [2.75, 3.05) is 14.2 Å². The maximum atomic E-state index is 12.9. The summed E-state index contributed by atoms with van der Waals surface area (Å²) in [5.74, 6) is 2.01. The van der Waals surface area contributed by atoms with Gasteiger partial charge in [-0.1, -0.05) is 6.08 Å². The van der Waals surface area contributed by atoms with E-state index in [-0.39, 0.29) is 18.1 Å². The van der Waals surface area contributed by atoms with Crippen LogP contribution in [0.5, 0.6) is 5.75 Å². The molecule has 0 bridgehead atoms. The Morgan fingerprint density at radius 3 is 2.58 bits per heavy atom. The van der Waals surface area contributed by atoms with E-state index in [4.69, 9.17) is 4.74 Å². The molecule has 4 atom stereocenters. The number of hydrogen-bond donors (Lipinski definition) is 1. The van der Waals surface area contributed by atoms with Crippen LogP contribution in [0.15, 0.2) is 30.9 Å². The number of allylic oxidation sites excluding steroid dienone is 1. The van der Waals surface area contributed by atoms with Crippen LogP contribution in [0, 0.1) is 11.8 Å². The summed E-state index contributed by atoms with van der Waals surface area (Å²) in [7, 11) is 3.54. The zero-order valence-electron chi connectivity index (χ0n) is 14.6. The summed E-state index contributed by atoms with van der Waals surface area (Å²) in [6, 6.07) is 5.90. The highest BCUT2D eigenvalue weighted by atomic mass is 16.5. The molecular weight excluding hydrogens is 302 g/mol. The third-order valence-electron chi connectivity index (χ3n) is 5.73. The van der Waals surface area contributed by atoms with Gasteiger partial charge in [-0.25, -0.2) is 0 Å². The molecule has 0 spiro atoms. The average Bonchev–Trinajstić information content (AvgIpc) is 3.11. The van der Waals surface area contributed by atoms with Gasteiger partial charge in [-0.15, -0.1) is 6.58 Å². The highest BCUT2D eigenvalue weighted by molar-refractivity contribution is 5.94. The molecule has 24 heavy (non-hydrogen) atoms. The van der Waals surface area contributed by atoms with Crippen LogP contribution in [-0.2, 0) is 6.42 Å². The smallest absolute Gasteiger partial charge is 0.253 e. The Labute approximate surface area is 144 Å². The Morgan fingerprint density at radius 1 is 1.33 bits per heavy atom. The average molecular weight is 329 g/mol. The maximum Gasteiger partial charge on any atom is 0.253 e. The van der Waals surface area contributed by atoms with Crippen molar-refractivity contribution in [3.8, 4) is 5.75 Å². The first kappa shape index (κ1) is 17.0. The van der Waals surface area contributed by atoms with Gasteiger partial charge in [-0.3, -0.25) is 4.79 Å². The third-order valence-corrected chi connectivity index (χ3v) is 5.73. The first-order valence-electron chi connectivity index (χ1n) is 8.76. The van der Waals surface area contributed by atoms with Crippen LogP contribution in [0.2, 0.25) is 0 Å². The highest BCUT2D eigenvalue weighted by Gasteiger charge is 2.43. The molecule has 1 N–H and O–H groups in total. The van der Waals surface area contributed by atoms with Crippen molar-refractivity contribution in [1.82, 2.24) is 4.90 Å². The number of ether oxygens (including phenoxy) is 1. The van der Waals surface area contributed by atoms with E-state index < -0.39 is 0 Å². The lowest BCUT2D eigenvalue weighted by atomic mass is 10.0. The molecule has 0 radical (unpaired) electrons. The van der Waals surface area contributed by atoms with Gasteiger partial charge in [-0.05, 0) is 67.7 Å². The standard InChI is InChI=1S/C20H27NO3/c1-4-5-13-8-14(6-7-19(13)24-3)20(23)21(2)17-9-15-11-18(22)12-16(15)10-17/h4,6-8,15-18,22H,1,5,9-12H2,2-3H3/t15-,16+,17?,18?. The summed E-state index contributed by atoms with van der Waals surface area (Å²) < 4.78 is 5.36. The van der Waals surface area contributed by atoms with E-state index in [2.05, 4.69) is 6.58 Å². The van der Waals surface area contributed by atoms with Crippen LogP contribution in [-0.4, -0.2) is 42.2 Å².